The van der Waals surface area contributed by atoms with Crippen molar-refractivity contribution in [2.75, 3.05) is 6.61 Å². The largest absolute Gasteiger partial charge is 0.321 e. The summed E-state index contributed by atoms with van der Waals surface area (Å²) in [5, 5.41) is 2.57. The Balaban J connectivity index is 2.40. The Bertz CT molecular complexity index is 138. The molecule has 0 aromatic rings. The van der Waals surface area contributed by atoms with Gasteiger partial charge in [-0.15, -0.1) is 4.91 Å². The molecule has 0 aromatic carbocycles. The highest BCUT2D eigenvalue weighted by Gasteiger charge is 2.18. The molecule has 6 heteroatoms. The lowest BCUT2D eigenvalue weighted by atomic mass is 10.4. The van der Waals surface area contributed by atoms with Crippen LogP contribution in [-0.4, -0.2) is 12.8 Å². The van der Waals surface area contributed by atoms with E-state index in [1.807, 2.05) is 0 Å². The van der Waals surface area contributed by atoms with Gasteiger partial charge >= 0.3 is 8.25 Å². The minimum absolute atomic E-state index is 0.300. The fourth-order valence-corrected chi connectivity index (χ4v) is 1.26. The Morgan fingerprint density at radius 2 is 2.44 bits per heavy atom. The molecule has 1 fully saturated rings. The third kappa shape index (κ3) is 1.86. The van der Waals surface area contributed by atoms with Crippen LogP contribution >= 0.6 is 8.25 Å². The molecule has 9 heavy (non-hydrogen) atoms. The number of rotatable bonds is 1. The molecular weight excluding hydrogens is 145 g/mol. The van der Waals surface area contributed by atoms with E-state index in [1.165, 1.54) is 0 Å². The second kappa shape index (κ2) is 3.06. The highest BCUT2D eigenvalue weighted by Crippen LogP contribution is 2.32. The summed E-state index contributed by atoms with van der Waals surface area (Å²) < 4.78 is 19.4. The molecule has 0 spiro atoms. The number of hydrogen-bond acceptors (Lipinski definition) is 5. The summed E-state index contributed by atoms with van der Waals surface area (Å²) in [4.78, 5) is 9.75. The van der Waals surface area contributed by atoms with Crippen molar-refractivity contribution in [1.82, 2.24) is 0 Å². The van der Waals surface area contributed by atoms with E-state index in [0.29, 0.717) is 13.0 Å². The normalized spacial score (nSPS) is 36.0. The molecule has 1 rings (SSSR count). The van der Waals surface area contributed by atoms with Crippen LogP contribution in [0.25, 0.3) is 0 Å². The minimum atomic E-state index is -2.40. The van der Waals surface area contributed by atoms with Gasteiger partial charge in [0.05, 0.1) is 6.61 Å². The fourth-order valence-electron chi connectivity index (χ4n) is 0.521. The van der Waals surface area contributed by atoms with Crippen LogP contribution in [0.4, 0.5) is 0 Å². The Morgan fingerprint density at radius 1 is 1.67 bits per heavy atom. The van der Waals surface area contributed by atoms with Gasteiger partial charge in [0.15, 0.2) is 0 Å². The van der Waals surface area contributed by atoms with Gasteiger partial charge in [0, 0.05) is 6.42 Å². The summed E-state index contributed by atoms with van der Waals surface area (Å²) >= 11 is 0. The predicted octanol–water partition coefficient (Wildman–Crippen LogP) is 0.905. The van der Waals surface area contributed by atoms with Crippen molar-refractivity contribution in [2.45, 2.75) is 12.6 Å². The minimum Gasteiger partial charge on any atom is -0.310 e. The van der Waals surface area contributed by atoms with Crippen molar-refractivity contribution in [3.8, 4) is 0 Å². The first-order chi connectivity index (χ1) is 4.33. The van der Waals surface area contributed by atoms with E-state index in [2.05, 4.69) is 14.2 Å². The van der Waals surface area contributed by atoms with E-state index in [1.54, 1.807) is 0 Å². The summed E-state index contributed by atoms with van der Waals surface area (Å²) in [6, 6.07) is 0. The van der Waals surface area contributed by atoms with Gasteiger partial charge in [-0.2, -0.15) is 0 Å². The average molecular weight is 151 g/mol. The molecule has 0 radical (unpaired) electrons. The molecular formula is C3H6NO4P. The second-order valence-corrected chi connectivity index (χ2v) is 2.59. The summed E-state index contributed by atoms with van der Waals surface area (Å²) in [7, 11) is -2.40. The predicted molar refractivity (Wildman–Crippen MR) is 30.2 cm³/mol. The Labute approximate surface area is 52.3 Å². The summed E-state index contributed by atoms with van der Waals surface area (Å²) in [6.07, 6.45) is -0.356. The quantitative estimate of drug-likeness (QED) is 0.412. The first-order valence-electron chi connectivity index (χ1n) is 2.49. The van der Waals surface area contributed by atoms with Gasteiger partial charge in [0.2, 0.25) is 6.23 Å². The third-order valence-corrected chi connectivity index (χ3v) is 1.84. The molecule has 1 aliphatic rings. The molecule has 0 bridgehead atoms. The van der Waals surface area contributed by atoms with E-state index in [0.717, 1.165) is 0 Å². The first-order valence-corrected chi connectivity index (χ1v) is 3.71. The Hall–Kier alpha value is -0.250. The van der Waals surface area contributed by atoms with Gasteiger partial charge in [-0.1, -0.05) is 0 Å². The van der Waals surface area contributed by atoms with Crippen molar-refractivity contribution in [1.29, 1.82) is 0 Å². The lowest BCUT2D eigenvalue weighted by molar-refractivity contribution is 0.101. The van der Waals surface area contributed by atoms with Crippen LogP contribution in [0.3, 0.4) is 0 Å². The molecule has 1 saturated heterocycles. The molecule has 1 aliphatic heterocycles. The van der Waals surface area contributed by atoms with E-state index in [4.69, 9.17) is 0 Å². The number of nitroso groups, excluding NO2 is 1. The molecule has 0 amide bonds. The van der Waals surface area contributed by atoms with E-state index in [9.17, 15) is 9.47 Å². The SMILES string of the molecule is O=NC1CCO[PH](=O)O1. The monoisotopic (exact) mass is 151 g/mol. The van der Waals surface area contributed by atoms with Crippen molar-refractivity contribution in [2.24, 2.45) is 5.18 Å². The number of hydrogen-bond donors (Lipinski definition) is 0. The van der Waals surface area contributed by atoms with Crippen molar-refractivity contribution >= 4 is 8.25 Å². The highest BCUT2D eigenvalue weighted by molar-refractivity contribution is 7.33. The van der Waals surface area contributed by atoms with E-state index < -0.39 is 14.5 Å². The maximum absolute atomic E-state index is 10.4. The lowest BCUT2D eigenvalue weighted by Crippen LogP contribution is -2.13. The van der Waals surface area contributed by atoms with Gasteiger partial charge in [0.1, 0.15) is 0 Å². The van der Waals surface area contributed by atoms with Crippen LogP contribution in [0, 0.1) is 4.91 Å². The molecule has 0 N–H and O–H groups in total. The standard InChI is InChI=1S/C3H6NO4P/c5-4-3-1-2-7-9(6)8-3/h3,9H,1-2H2. The molecule has 2 unspecified atom stereocenters. The van der Waals surface area contributed by atoms with E-state index in [-0.39, 0.29) is 0 Å². The summed E-state index contributed by atoms with van der Waals surface area (Å²) in [5.74, 6) is 0. The zero-order valence-corrected chi connectivity index (χ0v) is 5.57. The van der Waals surface area contributed by atoms with Crippen LogP contribution in [0.1, 0.15) is 6.42 Å². The maximum atomic E-state index is 10.4. The average Bonchev–Trinajstić information content (AvgIpc) is 1.88. The first kappa shape index (κ1) is 6.86. The number of nitrogens with zero attached hydrogens (tertiary/aromatic N) is 1. The molecule has 0 aliphatic carbocycles. The van der Waals surface area contributed by atoms with Crippen LogP contribution in [0.5, 0.6) is 0 Å². The highest BCUT2D eigenvalue weighted by atomic mass is 31.1. The van der Waals surface area contributed by atoms with Crippen LogP contribution in [0.2, 0.25) is 0 Å². The van der Waals surface area contributed by atoms with E-state index >= 15 is 0 Å². The molecule has 5 nitrogen and oxygen atoms in total. The van der Waals surface area contributed by atoms with Crippen LogP contribution in [0.15, 0.2) is 5.18 Å². The maximum Gasteiger partial charge on any atom is 0.321 e. The molecule has 0 aromatic heterocycles. The lowest BCUT2D eigenvalue weighted by Gasteiger charge is -2.15. The molecule has 1 heterocycles. The molecule has 52 valence electrons. The van der Waals surface area contributed by atoms with Gasteiger partial charge < -0.3 is 4.52 Å². The van der Waals surface area contributed by atoms with Gasteiger partial charge in [-0.3, -0.25) is 9.09 Å². The third-order valence-electron chi connectivity index (χ3n) is 0.935. The molecule has 0 saturated carbocycles. The Morgan fingerprint density at radius 3 is 2.89 bits per heavy atom. The molecule has 2 atom stereocenters. The van der Waals surface area contributed by atoms with Crippen molar-refractivity contribution < 1.29 is 13.6 Å². The smallest absolute Gasteiger partial charge is 0.310 e. The zero-order valence-electron chi connectivity index (χ0n) is 4.57. The van der Waals surface area contributed by atoms with Gasteiger partial charge in [-0.25, -0.2) is 0 Å². The van der Waals surface area contributed by atoms with Crippen molar-refractivity contribution in [3.63, 3.8) is 0 Å². The van der Waals surface area contributed by atoms with Gasteiger partial charge in [0.25, 0.3) is 0 Å². The zero-order chi connectivity index (χ0) is 6.69. The Kier molecular flexibility index (Phi) is 2.33. The second-order valence-electron chi connectivity index (χ2n) is 1.57. The topological polar surface area (TPSA) is 65.0 Å². The van der Waals surface area contributed by atoms with Gasteiger partial charge in [-0.05, 0) is 5.18 Å². The van der Waals surface area contributed by atoms with Crippen LogP contribution < -0.4 is 0 Å². The van der Waals surface area contributed by atoms with Crippen LogP contribution in [-0.2, 0) is 13.6 Å². The summed E-state index contributed by atoms with van der Waals surface area (Å²) in [6.45, 7) is 0.300. The van der Waals surface area contributed by atoms with Crippen molar-refractivity contribution in [3.05, 3.63) is 4.91 Å². The fraction of sp³-hybridized carbons (Fsp3) is 1.00. The summed E-state index contributed by atoms with van der Waals surface area (Å²) in [5.41, 5.74) is 0.